The highest BCUT2D eigenvalue weighted by Gasteiger charge is 2.45. The number of carbonyl (C=O) groups excluding carboxylic acids is 1. The fraction of sp³-hybridized carbons (Fsp3) is 0.286. The first-order valence-corrected chi connectivity index (χ1v) is 11.2. The summed E-state index contributed by atoms with van der Waals surface area (Å²) in [6.45, 7) is 0.295. The number of nitrogens with zero attached hydrogens (tertiary/aromatic N) is 3. The molecular weight excluding hydrogens is 404 g/mol. The van der Waals surface area contributed by atoms with Gasteiger partial charge in [0, 0.05) is 18.9 Å². The van der Waals surface area contributed by atoms with E-state index >= 15 is 0 Å². The van der Waals surface area contributed by atoms with E-state index in [2.05, 4.69) is 14.7 Å². The predicted molar refractivity (Wildman–Crippen MR) is 110 cm³/mol. The number of nitrogens with one attached hydrogen (secondary N) is 1. The Morgan fingerprint density at radius 3 is 2.60 bits per heavy atom. The van der Waals surface area contributed by atoms with Crippen LogP contribution in [0.1, 0.15) is 24.8 Å². The normalized spacial score (nSPS) is 22.5. The van der Waals surface area contributed by atoms with Gasteiger partial charge in [0.15, 0.2) is 5.84 Å². The Labute approximate surface area is 174 Å². The van der Waals surface area contributed by atoms with Gasteiger partial charge < -0.3 is 15.3 Å². The molecular formula is C21H20N4O4S. The molecule has 1 amide bonds. The van der Waals surface area contributed by atoms with Crippen molar-refractivity contribution in [1.82, 2.24) is 9.88 Å². The number of aliphatic hydroxyl groups is 1. The lowest BCUT2D eigenvalue weighted by molar-refractivity contribution is -0.127. The van der Waals surface area contributed by atoms with Crippen molar-refractivity contribution in [2.45, 2.75) is 36.7 Å². The number of amides is 1. The zero-order chi connectivity index (χ0) is 20.9. The number of benzene rings is 1. The first-order chi connectivity index (χ1) is 14.4. The molecule has 0 unspecified atom stereocenters. The van der Waals surface area contributed by atoms with E-state index in [9.17, 15) is 18.3 Å². The van der Waals surface area contributed by atoms with E-state index in [1.807, 2.05) is 12.1 Å². The maximum Gasteiger partial charge on any atom is 0.286 e. The van der Waals surface area contributed by atoms with Crippen LogP contribution in [0.15, 0.2) is 69.4 Å². The fourth-order valence-electron chi connectivity index (χ4n) is 3.93. The van der Waals surface area contributed by atoms with Crippen LogP contribution >= 0.6 is 0 Å². The molecule has 154 valence electrons. The van der Waals surface area contributed by atoms with Crippen molar-refractivity contribution < 1.29 is 18.3 Å². The van der Waals surface area contributed by atoms with Crippen molar-refractivity contribution in [3.05, 3.63) is 65.7 Å². The van der Waals surface area contributed by atoms with Gasteiger partial charge in [0.1, 0.15) is 16.2 Å². The van der Waals surface area contributed by atoms with Crippen molar-refractivity contribution in [3.8, 4) is 0 Å². The van der Waals surface area contributed by atoms with Crippen LogP contribution in [-0.2, 0) is 21.4 Å². The summed E-state index contributed by atoms with van der Waals surface area (Å²) >= 11 is 0. The van der Waals surface area contributed by atoms with Crippen LogP contribution in [0.5, 0.6) is 0 Å². The van der Waals surface area contributed by atoms with E-state index in [0.29, 0.717) is 24.6 Å². The fourth-order valence-corrected chi connectivity index (χ4v) is 5.05. The van der Waals surface area contributed by atoms with Crippen LogP contribution in [0.3, 0.4) is 0 Å². The molecule has 2 N–H and O–H groups in total. The quantitative estimate of drug-likeness (QED) is 0.763. The zero-order valence-corrected chi connectivity index (χ0v) is 16.8. The molecule has 1 saturated carbocycles. The monoisotopic (exact) mass is 424 g/mol. The number of aliphatic hydroxyl groups excluding tert-OH is 1. The van der Waals surface area contributed by atoms with Crippen molar-refractivity contribution in [2.75, 3.05) is 5.32 Å². The number of pyridine rings is 1. The molecule has 1 aromatic heterocycles. The number of carbonyl (C=O) groups is 1. The third-order valence-corrected chi connectivity index (χ3v) is 6.98. The van der Waals surface area contributed by atoms with E-state index in [4.69, 9.17) is 0 Å². The number of hydrogen-bond acceptors (Lipinski definition) is 6. The van der Waals surface area contributed by atoms with Crippen LogP contribution in [-0.4, -0.2) is 41.2 Å². The van der Waals surface area contributed by atoms with Gasteiger partial charge >= 0.3 is 0 Å². The number of sulfonamides is 1. The molecule has 0 saturated heterocycles. The largest absolute Gasteiger partial charge is 0.509 e. The lowest BCUT2D eigenvalue weighted by Crippen LogP contribution is -2.36. The Morgan fingerprint density at radius 1 is 1.13 bits per heavy atom. The number of para-hydroxylation sites is 1. The minimum absolute atomic E-state index is 0.0439. The smallest absolute Gasteiger partial charge is 0.286 e. The van der Waals surface area contributed by atoms with Gasteiger partial charge in [0.05, 0.1) is 11.7 Å². The average molecular weight is 424 g/mol. The highest BCUT2D eigenvalue weighted by atomic mass is 32.2. The maximum absolute atomic E-state index is 13.3. The summed E-state index contributed by atoms with van der Waals surface area (Å²) in [6, 6.07) is 9.49. The van der Waals surface area contributed by atoms with Gasteiger partial charge in [0.2, 0.25) is 0 Å². The number of fused-ring (bicyclic) bond motifs is 1. The Balaban J connectivity index is 1.53. The first-order valence-electron chi connectivity index (χ1n) is 9.78. The summed E-state index contributed by atoms with van der Waals surface area (Å²) in [7, 11) is -3.98. The summed E-state index contributed by atoms with van der Waals surface area (Å²) in [4.78, 5) is 19.0. The summed E-state index contributed by atoms with van der Waals surface area (Å²) in [5, 5.41) is 13.9. The topological polar surface area (TPSA) is 112 Å². The molecule has 1 atom stereocenters. The van der Waals surface area contributed by atoms with E-state index < -0.39 is 22.0 Å². The van der Waals surface area contributed by atoms with E-state index in [0.717, 1.165) is 18.4 Å². The molecule has 5 rings (SSSR count). The highest BCUT2D eigenvalue weighted by Crippen LogP contribution is 2.40. The molecule has 30 heavy (non-hydrogen) atoms. The molecule has 2 aromatic rings. The summed E-state index contributed by atoms with van der Waals surface area (Å²) in [6.07, 6.45) is 6.07. The summed E-state index contributed by atoms with van der Waals surface area (Å²) in [5.74, 6) is -0.234. The average Bonchev–Trinajstić information content (AvgIpc) is 3.51. The molecule has 0 spiro atoms. The molecule has 1 aromatic carbocycles. The summed E-state index contributed by atoms with van der Waals surface area (Å²) < 4.78 is 29.1. The molecule has 0 bridgehead atoms. The van der Waals surface area contributed by atoms with Gasteiger partial charge in [-0.3, -0.25) is 9.78 Å². The number of amidine groups is 1. The minimum atomic E-state index is -3.98. The second-order valence-electron chi connectivity index (χ2n) is 7.78. The third kappa shape index (κ3) is 3.24. The molecule has 8 nitrogen and oxygen atoms in total. The van der Waals surface area contributed by atoms with Crippen LogP contribution in [0.25, 0.3) is 0 Å². The number of anilines is 1. The molecule has 3 aliphatic rings. The SMILES string of the molecule is O=C1C(C2=NS(=O)(=O)c3ccccc3N2)=C(O)[C@H](CC2CC2)N1Cc1ccncc1. The van der Waals surface area contributed by atoms with Crippen molar-refractivity contribution >= 4 is 27.5 Å². The molecule has 1 fully saturated rings. The lowest BCUT2D eigenvalue weighted by atomic mass is 10.1. The van der Waals surface area contributed by atoms with Crippen LogP contribution in [0.2, 0.25) is 0 Å². The van der Waals surface area contributed by atoms with Gasteiger partial charge in [-0.25, -0.2) is 0 Å². The molecule has 0 radical (unpaired) electrons. The molecule has 3 heterocycles. The van der Waals surface area contributed by atoms with Gasteiger partial charge in [0.25, 0.3) is 15.9 Å². The molecule has 1 aliphatic carbocycles. The maximum atomic E-state index is 13.3. The van der Waals surface area contributed by atoms with Crippen LogP contribution < -0.4 is 5.32 Å². The van der Waals surface area contributed by atoms with Gasteiger partial charge in [-0.15, -0.1) is 4.40 Å². The zero-order valence-electron chi connectivity index (χ0n) is 16.0. The lowest BCUT2D eigenvalue weighted by Gasteiger charge is -2.25. The predicted octanol–water partition coefficient (Wildman–Crippen LogP) is 2.62. The third-order valence-electron chi connectivity index (χ3n) is 5.64. The second-order valence-corrected chi connectivity index (χ2v) is 9.35. The Hall–Kier alpha value is -3.20. The van der Waals surface area contributed by atoms with Gasteiger partial charge in [-0.05, 0) is 42.2 Å². The summed E-state index contributed by atoms with van der Waals surface area (Å²) in [5.41, 5.74) is 1.14. The Bertz CT molecular complexity index is 1190. The second kappa shape index (κ2) is 6.94. The van der Waals surface area contributed by atoms with Crippen molar-refractivity contribution in [3.63, 3.8) is 0 Å². The Kier molecular flexibility index (Phi) is 4.35. The van der Waals surface area contributed by atoms with E-state index in [1.165, 1.54) is 6.07 Å². The van der Waals surface area contributed by atoms with Crippen molar-refractivity contribution in [1.29, 1.82) is 0 Å². The Morgan fingerprint density at radius 2 is 1.87 bits per heavy atom. The van der Waals surface area contributed by atoms with Crippen LogP contribution in [0, 0.1) is 5.92 Å². The minimum Gasteiger partial charge on any atom is -0.509 e. The molecule has 9 heteroatoms. The standard InChI is InChI=1S/C21H20N4O4S/c26-19-16(11-13-5-6-13)25(12-14-7-9-22-10-8-14)21(27)18(19)20-23-15-3-1-2-4-17(15)30(28,29)24-20/h1-4,7-10,13,16,26H,5-6,11-12H2,(H,23,24)/t16-/m0/s1. The molecule has 2 aliphatic heterocycles. The van der Waals surface area contributed by atoms with E-state index in [1.54, 1.807) is 35.5 Å². The first kappa shape index (κ1) is 18.8. The number of aromatic nitrogens is 1. The number of rotatable bonds is 5. The number of hydrogen-bond donors (Lipinski definition) is 2. The van der Waals surface area contributed by atoms with Crippen LogP contribution in [0.4, 0.5) is 5.69 Å². The van der Waals surface area contributed by atoms with Crippen molar-refractivity contribution in [2.24, 2.45) is 10.3 Å². The highest BCUT2D eigenvalue weighted by molar-refractivity contribution is 7.90. The van der Waals surface area contributed by atoms with Gasteiger partial charge in [-0.2, -0.15) is 8.42 Å². The van der Waals surface area contributed by atoms with E-state index in [-0.39, 0.29) is 22.1 Å². The van der Waals surface area contributed by atoms with Gasteiger partial charge in [-0.1, -0.05) is 25.0 Å².